The van der Waals surface area contributed by atoms with E-state index in [-0.39, 0.29) is 6.10 Å². The van der Waals surface area contributed by atoms with Gasteiger partial charge >= 0.3 is 0 Å². The van der Waals surface area contributed by atoms with Crippen LogP contribution in [0.15, 0.2) is 0 Å². The van der Waals surface area contributed by atoms with E-state index in [0.29, 0.717) is 31.8 Å². The van der Waals surface area contributed by atoms with E-state index in [1.807, 2.05) is 13.8 Å². The Morgan fingerprint density at radius 1 is 1.20 bits per heavy atom. The quantitative estimate of drug-likeness (QED) is 0.573. The maximum Gasteiger partial charge on any atom is 0.0897 e. The molecule has 1 atom stereocenters. The number of hydrogen-bond donors (Lipinski definition) is 2. The molecule has 0 spiro atoms. The first-order valence-electron chi connectivity index (χ1n) is 8.16. The molecular weight excluding hydrogens is 254 g/mol. The summed E-state index contributed by atoms with van der Waals surface area (Å²) in [5.74, 6) is 0. The number of aliphatic hydroxyl groups is 1. The molecule has 0 aromatic heterocycles. The van der Waals surface area contributed by atoms with E-state index in [2.05, 4.69) is 12.2 Å². The van der Waals surface area contributed by atoms with Gasteiger partial charge in [-0.3, -0.25) is 0 Å². The second-order valence-electron chi connectivity index (χ2n) is 6.34. The van der Waals surface area contributed by atoms with Crippen molar-refractivity contribution in [3.05, 3.63) is 0 Å². The molecule has 0 heterocycles. The number of hydrogen-bond acceptors (Lipinski definition) is 4. The number of ether oxygens (including phenoxy) is 2. The molecule has 2 N–H and O–H groups in total. The second kappa shape index (κ2) is 9.72. The lowest BCUT2D eigenvalue weighted by Gasteiger charge is -2.28. The van der Waals surface area contributed by atoms with Crippen LogP contribution >= 0.6 is 0 Å². The minimum atomic E-state index is -0.427. The zero-order chi connectivity index (χ0) is 14.8. The van der Waals surface area contributed by atoms with Crippen LogP contribution in [0.25, 0.3) is 0 Å². The summed E-state index contributed by atoms with van der Waals surface area (Å²) < 4.78 is 10.8. The number of nitrogens with one attached hydrogen (secondary N) is 1. The Balaban J connectivity index is 2.01. The molecular formula is C16H33NO3. The van der Waals surface area contributed by atoms with Gasteiger partial charge in [0.1, 0.15) is 0 Å². The van der Waals surface area contributed by atoms with Crippen LogP contribution in [0.2, 0.25) is 0 Å². The van der Waals surface area contributed by atoms with Crippen molar-refractivity contribution in [3.8, 4) is 0 Å². The lowest BCUT2D eigenvalue weighted by atomic mass is 9.83. The predicted octanol–water partition coefficient (Wildman–Crippen LogP) is 2.35. The van der Waals surface area contributed by atoms with Crippen molar-refractivity contribution >= 4 is 0 Å². The van der Waals surface area contributed by atoms with E-state index in [9.17, 15) is 5.11 Å². The van der Waals surface area contributed by atoms with E-state index in [0.717, 1.165) is 6.54 Å². The Bertz CT molecular complexity index is 240. The van der Waals surface area contributed by atoms with Crippen LogP contribution in [0.4, 0.5) is 0 Å². The Kier molecular flexibility index (Phi) is 8.69. The highest BCUT2D eigenvalue weighted by Gasteiger charge is 2.31. The Hall–Kier alpha value is -0.160. The third-order valence-corrected chi connectivity index (χ3v) is 4.28. The lowest BCUT2D eigenvalue weighted by Crippen LogP contribution is -2.37. The van der Waals surface area contributed by atoms with Gasteiger partial charge in [-0.1, -0.05) is 19.8 Å². The fourth-order valence-corrected chi connectivity index (χ4v) is 2.91. The first-order valence-corrected chi connectivity index (χ1v) is 8.16. The molecule has 1 unspecified atom stereocenters. The summed E-state index contributed by atoms with van der Waals surface area (Å²) in [7, 11) is 0. The average molecular weight is 287 g/mol. The molecule has 0 aromatic carbocycles. The molecule has 4 heteroatoms. The van der Waals surface area contributed by atoms with Gasteiger partial charge in [0, 0.05) is 13.1 Å². The minimum Gasteiger partial charge on any atom is -0.389 e. The molecule has 0 aliphatic heterocycles. The summed E-state index contributed by atoms with van der Waals surface area (Å²) in [4.78, 5) is 0. The van der Waals surface area contributed by atoms with Crippen LogP contribution in [0.1, 0.15) is 52.9 Å². The molecule has 20 heavy (non-hydrogen) atoms. The standard InChI is InChI=1S/C16H33NO3/c1-4-16(7-5-6-8-16)13-17-11-15(18)12-19-9-10-20-14(2)3/h14-15,17-18H,4-13H2,1-3H3. The molecule has 0 amide bonds. The van der Waals surface area contributed by atoms with Crippen LogP contribution in [0.3, 0.4) is 0 Å². The molecule has 0 saturated heterocycles. The topological polar surface area (TPSA) is 50.7 Å². The summed E-state index contributed by atoms with van der Waals surface area (Å²) in [6.45, 7) is 9.46. The molecule has 1 rings (SSSR count). The fraction of sp³-hybridized carbons (Fsp3) is 1.00. The van der Waals surface area contributed by atoms with E-state index in [4.69, 9.17) is 9.47 Å². The van der Waals surface area contributed by atoms with Crippen LogP contribution < -0.4 is 5.32 Å². The van der Waals surface area contributed by atoms with E-state index >= 15 is 0 Å². The van der Waals surface area contributed by atoms with Crippen LogP contribution in [0.5, 0.6) is 0 Å². The van der Waals surface area contributed by atoms with E-state index < -0.39 is 6.10 Å². The third kappa shape index (κ3) is 7.02. The zero-order valence-corrected chi connectivity index (χ0v) is 13.5. The van der Waals surface area contributed by atoms with Gasteiger partial charge in [0.05, 0.1) is 32.0 Å². The Labute approximate surface area is 124 Å². The zero-order valence-electron chi connectivity index (χ0n) is 13.5. The van der Waals surface area contributed by atoms with Gasteiger partial charge in [0.25, 0.3) is 0 Å². The van der Waals surface area contributed by atoms with Crippen molar-refractivity contribution in [2.24, 2.45) is 5.41 Å². The maximum atomic E-state index is 9.86. The highest BCUT2D eigenvalue weighted by Crippen LogP contribution is 2.40. The van der Waals surface area contributed by atoms with Gasteiger partial charge in [0.15, 0.2) is 0 Å². The molecule has 1 aliphatic rings. The highest BCUT2D eigenvalue weighted by atomic mass is 16.5. The third-order valence-electron chi connectivity index (χ3n) is 4.28. The summed E-state index contributed by atoms with van der Waals surface area (Å²) >= 11 is 0. The van der Waals surface area contributed by atoms with Gasteiger partial charge in [-0.05, 0) is 38.5 Å². The number of rotatable bonds is 11. The van der Waals surface area contributed by atoms with Crippen molar-refractivity contribution < 1.29 is 14.6 Å². The molecule has 120 valence electrons. The van der Waals surface area contributed by atoms with Crippen molar-refractivity contribution in [3.63, 3.8) is 0 Å². The van der Waals surface area contributed by atoms with E-state index in [1.54, 1.807) is 0 Å². The summed E-state index contributed by atoms with van der Waals surface area (Å²) in [6, 6.07) is 0. The monoisotopic (exact) mass is 287 g/mol. The minimum absolute atomic E-state index is 0.238. The van der Waals surface area contributed by atoms with Gasteiger partial charge in [-0.2, -0.15) is 0 Å². The predicted molar refractivity (Wildman–Crippen MR) is 82.0 cm³/mol. The van der Waals surface area contributed by atoms with Crippen LogP contribution in [0, 0.1) is 5.41 Å². The van der Waals surface area contributed by atoms with Gasteiger partial charge < -0.3 is 19.9 Å². The van der Waals surface area contributed by atoms with Crippen molar-refractivity contribution in [1.82, 2.24) is 5.32 Å². The van der Waals surface area contributed by atoms with E-state index in [1.165, 1.54) is 32.1 Å². The summed E-state index contributed by atoms with van der Waals surface area (Å²) in [5.41, 5.74) is 0.478. The first kappa shape index (κ1) is 17.9. The average Bonchev–Trinajstić information content (AvgIpc) is 2.87. The molecule has 0 bridgehead atoms. The summed E-state index contributed by atoms with van der Waals surface area (Å²) in [5, 5.41) is 13.3. The second-order valence-corrected chi connectivity index (χ2v) is 6.34. The molecule has 4 nitrogen and oxygen atoms in total. The van der Waals surface area contributed by atoms with Crippen molar-refractivity contribution in [2.75, 3.05) is 32.9 Å². The fourth-order valence-electron chi connectivity index (χ4n) is 2.91. The van der Waals surface area contributed by atoms with Crippen LogP contribution in [-0.4, -0.2) is 50.2 Å². The van der Waals surface area contributed by atoms with Crippen molar-refractivity contribution in [1.29, 1.82) is 0 Å². The largest absolute Gasteiger partial charge is 0.389 e. The van der Waals surface area contributed by atoms with Crippen molar-refractivity contribution in [2.45, 2.75) is 65.1 Å². The maximum absolute atomic E-state index is 9.86. The van der Waals surface area contributed by atoms with Gasteiger partial charge in [-0.15, -0.1) is 0 Å². The molecule has 0 radical (unpaired) electrons. The lowest BCUT2D eigenvalue weighted by molar-refractivity contribution is -0.0104. The van der Waals surface area contributed by atoms with Gasteiger partial charge in [-0.25, -0.2) is 0 Å². The Morgan fingerprint density at radius 3 is 2.50 bits per heavy atom. The molecule has 0 aromatic rings. The highest BCUT2D eigenvalue weighted by molar-refractivity contribution is 4.85. The molecule has 1 aliphatic carbocycles. The molecule has 1 fully saturated rings. The normalized spacial score (nSPS) is 19.6. The SMILES string of the molecule is CCC1(CNCC(O)COCCOC(C)C)CCCC1. The number of aliphatic hydroxyl groups excluding tert-OH is 1. The van der Waals surface area contributed by atoms with Gasteiger partial charge in [0.2, 0.25) is 0 Å². The smallest absolute Gasteiger partial charge is 0.0897 e. The van der Waals surface area contributed by atoms with Crippen LogP contribution in [-0.2, 0) is 9.47 Å². The Morgan fingerprint density at radius 2 is 1.90 bits per heavy atom. The summed E-state index contributed by atoms with van der Waals surface area (Å²) in [6.07, 6.45) is 6.42. The first-order chi connectivity index (χ1) is 9.58. The molecule has 1 saturated carbocycles.